The van der Waals surface area contributed by atoms with Crippen LogP contribution in [0.3, 0.4) is 0 Å². The minimum atomic E-state index is 0.812. The number of fused-ring (bicyclic) bond motifs is 1. The van der Waals surface area contributed by atoms with Crippen LogP contribution in [0.25, 0.3) is 10.8 Å². The van der Waals surface area contributed by atoms with Crippen LogP contribution >= 0.6 is 0 Å². The lowest BCUT2D eigenvalue weighted by atomic mass is 10.0. The van der Waals surface area contributed by atoms with Crippen molar-refractivity contribution in [1.82, 2.24) is 0 Å². The summed E-state index contributed by atoms with van der Waals surface area (Å²) in [6, 6.07) is 14.8. The first-order valence-corrected chi connectivity index (χ1v) is 5.58. The Balaban J connectivity index is 2.20. The second kappa shape index (κ2) is 5.29. The zero-order chi connectivity index (χ0) is 11.2. The summed E-state index contributed by atoms with van der Waals surface area (Å²) in [5, 5.41) is 2.60. The predicted molar refractivity (Wildman–Crippen MR) is 67.1 cm³/mol. The Kier molecular flexibility index (Phi) is 3.53. The van der Waals surface area contributed by atoms with Crippen molar-refractivity contribution in [3.05, 3.63) is 54.1 Å². The average molecular weight is 210 g/mol. The maximum Gasteiger partial charge on any atom is 0.120 e. The fraction of sp³-hybridized carbons (Fsp3) is 0.200. The van der Waals surface area contributed by atoms with E-state index in [1.54, 1.807) is 6.08 Å². The van der Waals surface area contributed by atoms with E-state index in [2.05, 4.69) is 42.5 Å². The Morgan fingerprint density at radius 3 is 2.75 bits per heavy atom. The van der Waals surface area contributed by atoms with Crippen molar-refractivity contribution in [2.24, 2.45) is 0 Å². The van der Waals surface area contributed by atoms with Crippen molar-refractivity contribution in [3.63, 3.8) is 0 Å². The first-order chi connectivity index (χ1) is 7.92. The topological polar surface area (TPSA) is 17.1 Å². The number of carbonyl (C=O) groups excluding carboxylic acids is 1. The highest BCUT2D eigenvalue weighted by Gasteiger charge is 1.98. The second-order valence-electron chi connectivity index (χ2n) is 3.85. The van der Waals surface area contributed by atoms with E-state index in [-0.39, 0.29) is 0 Å². The van der Waals surface area contributed by atoms with Crippen molar-refractivity contribution in [1.29, 1.82) is 0 Å². The van der Waals surface area contributed by atoms with Crippen molar-refractivity contribution >= 4 is 16.7 Å². The molecule has 80 valence electrons. The highest BCUT2D eigenvalue weighted by molar-refractivity contribution is 5.85. The summed E-state index contributed by atoms with van der Waals surface area (Å²) in [5.74, 6) is 1.82. The van der Waals surface area contributed by atoms with Gasteiger partial charge in [-0.25, -0.2) is 4.79 Å². The molecule has 16 heavy (non-hydrogen) atoms. The lowest BCUT2D eigenvalue weighted by Crippen LogP contribution is -1.86. The molecule has 1 nitrogen and oxygen atoms in total. The minimum absolute atomic E-state index is 0.812. The van der Waals surface area contributed by atoms with E-state index in [1.807, 2.05) is 5.94 Å². The Hall–Kier alpha value is -1.85. The maximum atomic E-state index is 10.0. The van der Waals surface area contributed by atoms with Crippen LogP contribution in [-0.2, 0) is 11.2 Å². The summed E-state index contributed by atoms with van der Waals surface area (Å²) < 4.78 is 0. The average Bonchev–Trinajstić information content (AvgIpc) is 2.35. The number of benzene rings is 2. The minimum Gasteiger partial charge on any atom is -0.234 e. The van der Waals surface area contributed by atoms with Gasteiger partial charge in [0.2, 0.25) is 0 Å². The standard InChI is InChI=1S/C15H14O/c16-12-5-1-2-7-13-9-6-10-14-8-3-4-11-15(13)14/h3-6,8-11H,1-2,7H2. The summed E-state index contributed by atoms with van der Waals surface area (Å²) in [7, 11) is 0. The zero-order valence-electron chi connectivity index (χ0n) is 9.15. The Labute approximate surface area is 95.4 Å². The molecule has 0 amide bonds. The van der Waals surface area contributed by atoms with Gasteiger partial charge < -0.3 is 0 Å². The maximum absolute atomic E-state index is 10.0. The molecule has 0 saturated carbocycles. The number of allylic oxidation sites excluding steroid dienone is 1. The Morgan fingerprint density at radius 1 is 1.06 bits per heavy atom. The first kappa shape index (κ1) is 10.7. The van der Waals surface area contributed by atoms with Crippen molar-refractivity contribution < 1.29 is 4.79 Å². The van der Waals surface area contributed by atoms with Gasteiger partial charge in [-0.2, -0.15) is 0 Å². The van der Waals surface area contributed by atoms with Gasteiger partial charge in [0.1, 0.15) is 5.94 Å². The van der Waals surface area contributed by atoms with E-state index < -0.39 is 0 Å². The van der Waals surface area contributed by atoms with Gasteiger partial charge in [0.05, 0.1) is 0 Å². The van der Waals surface area contributed by atoms with Gasteiger partial charge in [0, 0.05) is 0 Å². The third-order valence-electron chi connectivity index (χ3n) is 2.76. The van der Waals surface area contributed by atoms with E-state index >= 15 is 0 Å². The van der Waals surface area contributed by atoms with Crippen LogP contribution in [0.5, 0.6) is 0 Å². The monoisotopic (exact) mass is 210 g/mol. The molecule has 0 aliphatic carbocycles. The fourth-order valence-corrected chi connectivity index (χ4v) is 1.96. The zero-order valence-corrected chi connectivity index (χ0v) is 9.15. The van der Waals surface area contributed by atoms with E-state index in [1.165, 1.54) is 16.3 Å². The van der Waals surface area contributed by atoms with E-state index in [0.717, 1.165) is 19.3 Å². The molecule has 0 aliphatic rings. The molecule has 0 heterocycles. The van der Waals surface area contributed by atoms with Gasteiger partial charge in [-0.05, 0) is 41.7 Å². The number of hydrogen-bond donors (Lipinski definition) is 0. The number of rotatable bonds is 4. The van der Waals surface area contributed by atoms with E-state index in [9.17, 15) is 4.79 Å². The molecule has 2 aromatic rings. The van der Waals surface area contributed by atoms with Gasteiger partial charge in [0.15, 0.2) is 0 Å². The van der Waals surface area contributed by atoms with Crippen LogP contribution in [0.2, 0.25) is 0 Å². The van der Waals surface area contributed by atoms with E-state index in [4.69, 9.17) is 0 Å². The van der Waals surface area contributed by atoms with Gasteiger partial charge in [-0.3, -0.25) is 0 Å². The molecule has 0 aromatic heterocycles. The Bertz CT molecular complexity index is 516. The molecule has 0 bridgehead atoms. The number of unbranched alkanes of at least 4 members (excludes halogenated alkanes) is 1. The third-order valence-corrected chi connectivity index (χ3v) is 2.76. The second-order valence-corrected chi connectivity index (χ2v) is 3.85. The highest BCUT2D eigenvalue weighted by Crippen LogP contribution is 2.19. The van der Waals surface area contributed by atoms with Crippen LogP contribution in [0.4, 0.5) is 0 Å². The summed E-state index contributed by atoms with van der Waals surface area (Å²) >= 11 is 0. The van der Waals surface area contributed by atoms with E-state index in [0.29, 0.717) is 0 Å². The Morgan fingerprint density at radius 2 is 1.88 bits per heavy atom. The molecule has 1 heteroatoms. The molecule has 0 spiro atoms. The van der Waals surface area contributed by atoms with Crippen molar-refractivity contribution in [2.75, 3.05) is 0 Å². The first-order valence-electron chi connectivity index (χ1n) is 5.58. The quantitative estimate of drug-likeness (QED) is 0.557. The van der Waals surface area contributed by atoms with Crippen LogP contribution in [0.1, 0.15) is 18.4 Å². The van der Waals surface area contributed by atoms with Gasteiger partial charge in [-0.15, -0.1) is 0 Å². The lowest BCUT2D eigenvalue weighted by molar-refractivity contribution is 0.567. The fourth-order valence-electron chi connectivity index (χ4n) is 1.96. The van der Waals surface area contributed by atoms with Crippen LogP contribution in [0.15, 0.2) is 48.5 Å². The molecule has 2 aromatic carbocycles. The predicted octanol–water partition coefficient (Wildman–Crippen LogP) is 3.55. The molecule has 0 saturated heterocycles. The smallest absolute Gasteiger partial charge is 0.120 e. The van der Waals surface area contributed by atoms with Gasteiger partial charge >= 0.3 is 0 Å². The molecule has 0 fully saturated rings. The molecular weight excluding hydrogens is 196 g/mol. The lowest BCUT2D eigenvalue weighted by Gasteiger charge is -2.05. The molecule has 0 N–H and O–H groups in total. The molecule has 0 radical (unpaired) electrons. The summed E-state index contributed by atoms with van der Waals surface area (Å²) in [6.45, 7) is 0. The largest absolute Gasteiger partial charge is 0.234 e. The third kappa shape index (κ3) is 2.39. The normalized spacial score (nSPS) is 10.0. The summed E-state index contributed by atoms with van der Waals surface area (Å²) in [5.41, 5.74) is 1.36. The van der Waals surface area contributed by atoms with Crippen LogP contribution < -0.4 is 0 Å². The van der Waals surface area contributed by atoms with Gasteiger partial charge in [-0.1, -0.05) is 42.5 Å². The number of aryl methyl sites for hydroxylation is 1. The molecule has 0 aliphatic heterocycles. The molecule has 0 unspecified atom stereocenters. The summed E-state index contributed by atoms with van der Waals surface area (Å²) in [6.07, 6.45) is 4.39. The van der Waals surface area contributed by atoms with Crippen LogP contribution in [0, 0.1) is 0 Å². The number of hydrogen-bond acceptors (Lipinski definition) is 1. The van der Waals surface area contributed by atoms with Gasteiger partial charge in [0.25, 0.3) is 0 Å². The van der Waals surface area contributed by atoms with Crippen molar-refractivity contribution in [2.45, 2.75) is 19.3 Å². The van der Waals surface area contributed by atoms with Crippen molar-refractivity contribution in [3.8, 4) is 0 Å². The summed E-state index contributed by atoms with van der Waals surface area (Å²) in [4.78, 5) is 10.0. The molecule has 2 rings (SSSR count). The molecule has 0 atom stereocenters. The SMILES string of the molecule is O=C=CCCCc1cccc2ccccc12. The highest BCUT2D eigenvalue weighted by atomic mass is 16.1. The molecular formula is C15H14O. The van der Waals surface area contributed by atoms with Crippen LogP contribution in [-0.4, -0.2) is 5.94 Å².